The number of aryl methyl sites for hydroxylation is 1. The highest BCUT2D eigenvalue weighted by atomic mass is 32.1. The minimum atomic E-state index is -0.242. The first-order valence-electron chi connectivity index (χ1n) is 13.0. The summed E-state index contributed by atoms with van der Waals surface area (Å²) in [6.07, 6.45) is 5.21. The van der Waals surface area contributed by atoms with Gasteiger partial charge in [0.05, 0.1) is 6.54 Å². The molecule has 38 heavy (non-hydrogen) atoms. The highest BCUT2D eigenvalue weighted by molar-refractivity contribution is 7.19. The molecule has 1 aliphatic heterocycles. The van der Waals surface area contributed by atoms with Gasteiger partial charge in [-0.2, -0.15) is 0 Å². The van der Waals surface area contributed by atoms with Crippen molar-refractivity contribution in [1.82, 2.24) is 19.7 Å². The van der Waals surface area contributed by atoms with Gasteiger partial charge in [0.25, 0.3) is 0 Å². The Bertz CT molecular complexity index is 1310. The number of hydrogen-bond donors (Lipinski definition) is 1. The molecule has 4 rings (SSSR count). The van der Waals surface area contributed by atoms with Crippen LogP contribution in [0.3, 0.4) is 0 Å². The van der Waals surface area contributed by atoms with Gasteiger partial charge in [-0.25, -0.2) is 4.98 Å². The maximum atomic E-state index is 12.9. The summed E-state index contributed by atoms with van der Waals surface area (Å²) in [7, 11) is 2.04. The average Bonchev–Trinajstić information content (AvgIpc) is 3.25. The van der Waals surface area contributed by atoms with E-state index in [1.54, 1.807) is 41.8 Å². The monoisotopic (exact) mass is 533 g/mol. The summed E-state index contributed by atoms with van der Waals surface area (Å²) >= 11 is 1.73. The van der Waals surface area contributed by atoms with Crippen molar-refractivity contribution >= 4 is 51.0 Å². The first kappa shape index (κ1) is 27.5. The van der Waals surface area contributed by atoms with Crippen molar-refractivity contribution in [2.24, 2.45) is 0 Å². The molecule has 0 unspecified atom stereocenters. The Labute approximate surface area is 227 Å². The number of hydrogen-bond acceptors (Lipinski definition) is 6. The third-order valence-corrected chi connectivity index (χ3v) is 8.12. The second kappa shape index (κ2) is 12.8. The van der Waals surface area contributed by atoms with Gasteiger partial charge in [-0.15, -0.1) is 11.3 Å². The van der Waals surface area contributed by atoms with E-state index in [0.29, 0.717) is 32.0 Å². The number of piperazine rings is 1. The van der Waals surface area contributed by atoms with Crippen LogP contribution in [0.15, 0.2) is 48.7 Å². The van der Waals surface area contributed by atoms with Crippen LogP contribution in [0.25, 0.3) is 16.2 Å². The van der Waals surface area contributed by atoms with Crippen LogP contribution in [0, 0.1) is 6.92 Å². The molecule has 3 amide bonds. The van der Waals surface area contributed by atoms with Gasteiger partial charge < -0.3 is 20.0 Å². The SMILES string of the molecule is CCN(Cc1sc2ccccc2c1C)C(=O)C=Cc1ccc(NC(=O)CCC(=O)N2CCN(C)CC2)nc1. The molecule has 1 aliphatic rings. The van der Waals surface area contributed by atoms with Crippen LogP contribution in [0.1, 0.15) is 35.8 Å². The van der Waals surface area contributed by atoms with Crippen molar-refractivity contribution in [3.05, 3.63) is 64.7 Å². The van der Waals surface area contributed by atoms with Gasteiger partial charge in [0, 0.05) is 67.4 Å². The number of pyridine rings is 1. The lowest BCUT2D eigenvalue weighted by Gasteiger charge is -2.32. The van der Waals surface area contributed by atoms with E-state index in [4.69, 9.17) is 0 Å². The predicted molar refractivity (Wildman–Crippen MR) is 153 cm³/mol. The number of carbonyl (C=O) groups is 3. The van der Waals surface area contributed by atoms with Crippen molar-refractivity contribution < 1.29 is 14.4 Å². The zero-order valence-corrected chi connectivity index (χ0v) is 23.1. The minimum Gasteiger partial charge on any atom is -0.340 e. The van der Waals surface area contributed by atoms with Gasteiger partial charge in [0.2, 0.25) is 17.7 Å². The standard InChI is InChI=1S/C29H35N5O3S/c1-4-33(20-25-21(2)23-7-5-6-8-24(23)38-25)28(36)13-10-22-9-11-26(30-19-22)31-27(35)12-14-29(37)34-17-15-32(3)16-18-34/h5-11,13,19H,4,12,14-18,20H2,1-3H3,(H,30,31,35). The maximum Gasteiger partial charge on any atom is 0.246 e. The van der Waals surface area contributed by atoms with Gasteiger partial charge in [-0.05, 0) is 61.7 Å². The van der Waals surface area contributed by atoms with E-state index < -0.39 is 0 Å². The van der Waals surface area contributed by atoms with E-state index in [1.165, 1.54) is 20.5 Å². The summed E-state index contributed by atoms with van der Waals surface area (Å²) in [6.45, 7) is 8.40. The fraction of sp³-hybridized carbons (Fsp3) is 0.379. The fourth-order valence-electron chi connectivity index (χ4n) is 4.39. The largest absolute Gasteiger partial charge is 0.340 e. The zero-order chi connectivity index (χ0) is 27.1. The molecule has 0 spiro atoms. The molecule has 8 nitrogen and oxygen atoms in total. The van der Waals surface area contributed by atoms with E-state index in [2.05, 4.69) is 34.3 Å². The molecule has 9 heteroatoms. The number of nitrogens with one attached hydrogen (secondary N) is 1. The third-order valence-electron chi connectivity index (χ3n) is 6.86. The average molecular weight is 534 g/mol. The van der Waals surface area contributed by atoms with Crippen molar-refractivity contribution in [2.75, 3.05) is 45.1 Å². The summed E-state index contributed by atoms with van der Waals surface area (Å²) in [5.41, 5.74) is 1.99. The number of aromatic nitrogens is 1. The van der Waals surface area contributed by atoms with Crippen LogP contribution in [-0.4, -0.2) is 77.2 Å². The number of fused-ring (bicyclic) bond motifs is 1. The Hall–Kier alpha value is -3.56. The Morgan fingerprint density at radius 3 is 2.53 bits per heavy atom. The lowest BCUT2D eigenvalue weighted by Crippen LogP contribution is -2.47. The smallest absolute Gasteiger partial charge is 0.246 e. The normalized spacial score (nSPS) is 14.2. The Balaban J connectivity index is 1.26. The van der Waals surface area contributed by atoms with Crippen LogP contribution >= 0.6 is 11.3 Å². The number of benzene rings is 1. The number of carbonyl (C=O) groups excluding carboxylic acids is 3. The molecule has 1 fully saturated rings. The van der Waals surface area contributed by atoms with E-state index in [1.807, 2.05) is 35.9 Å². The topological polar surface area (TPSA) is 85.8 Å². The summed E-state index contributed by atoms with van der Waals surface area (Å²) in [5.74, 6) is 0.122. The minimum absolute atomic E-state index is 0.00926. The summed E-state index contributed by atoms with van der Waals surface area (Å²) < 4.78 is 1.24. The van der Waals surface area contributed by atoms with E-state index >= 15 is 0 Å². The molecule has 1 saturated heterocycles. The van der Waals surface area contributed by atoms with E-state index in [0.717, 1.165) is 18.7 Å². The van der Waals surface area contributed by atoms with Gasteiger partial charge in [-0.1, -0.05) is 18.2 Å². The Morgan fingerprint density at radius 2 is 1.84 bits per heavy atom. The number of nitrogens with zero attached hydrogens (tertiary/aromatic N) is 4. The van der Waals surface area contributed by atoms with Crippen LogP contribution in [0.4, 0.5) is 5.82 Å². The fourth-order valence-corrected chi connectivity index (χ4v) is 5.61. The van der Waals surface area contributed by atoms with Crippen molar-refractivity contribution in [2.45, 2.75) is 33.2 Å². The lowest BCUT2D eigenvalue weighted by atomic mass is 10.1. The van der Waals surface area contributed by atoms with Crippen molar-refractivity contribution in [3.63, 3.8) is 0 Å². The molecule has 2 aromatic heterocycles. The molecular weight excluding hydrogens is 498 g/mol. The quantitative estimate of drug-likeness (QED) is 0.418. The first-order chi connectivity index (χ1) is 18.3. The molecule has 200 valence electrons. The highest BCUT2D eigenvalue weighted by Crippen LogP contribution is 2.31. The number of likely N-dealkylation sites (N-methyl/N-ethyl adjacent to an activating group) is 2. The van der Waals surface area contributed by atoms with Crippen LogP contribution in [0.2, 0.25) is 0 Å². The van der Waals surface area contributed by atoms with Crippen LogP contribution in [-0.2, 0) is 20.9 Å². The summed E-state index contributed by atoms with van der Waals surface area (Å²) in [4.78, 5) is 48.8. The van der Waals surface area contributed by atoms with Crippen molar-refractivity contribution in [3.8, 4) is 0 Å². The molecule has 0 aliphatic carbocycles. The molecule has 3 heterocycles. The lowest BCUT2D eigenvalue weighted by molar-refractivity contribution is -0.134. The van der Waals surface area contributed by atoms with E-state index in [-0.39, 0.29) is 30.6 Å². The molecular formula is C29H35N5O3S. The Kier molecular flexibility index (Phi) is 9.25. The number of anilines is 1. The van der Waals surface area contributed by atoms with Gasteiger partial charge in [0.1, 0.15) is 5.82 Å². The molecule has 1 N–H and O–H groups in total. The maximum absolute atomic E-state index is 12.9. The summed E-state index contributed by atoms with van der Waals surface area (Å²) in [5, 5.41) is 3.99. The Morgan fingerprint density at radius 1 is 1.08 bits per heavy atom. The zero-order valence-electron chi connectivity index (χ0n) is 22.3. The van der Waals surface area contributed by atoms with E-state index in [9.17, 15) is 14.4 Å². The molecule has 0 atom stereocenters. The highest BCUT2D eigenvalue weighted by Gasteiger charge is 2.19. The molecule has 0 bridgehead atoms. The number of amides is 3. The van der Waals surface area contributed by atoms with Gasteiger partial charge in [-0.3, -0.25) is 14.4 Å². The molecule has 0 radical (unpaired) electrons. The van der Waals surface area contributed by atoms with Gasteiger partial charge in [0.15, 0.2) is 0 Å². The predicted octanol–water partition coefficient (Wildman–Crippen LogP) is 4.16. The summed E-state index contributed by atoms with van der Waals surface area (Å²) in [6, 6.07) is 11.8. The number of rotatable bonds is 9. The molecule has 3 aromatic rings. The molecule has 0 saturated carbocycles. The van der Waals surface area contributed by atoms with Crippen molar-refractivity contribution in [1.29, 1.82) is 0 Å². The third kappa shape index (κ3) is 7.05. The van der Waals surface area contributed by atoms with Crippen LogP contribution < -0.4 is 5.32 Å². The number of thiophene rings is 1. The van der Waals surface area contributed by atoms with Crippen LogP contribution in [0.5, 0.6) is 0 Å². The molecule has 1 aromatic carbocycles. The second-order valence-electron chi connectivity index (χ2n) is 9.54. The second-order valence-corrected chi connectivity index (χ2v) is 10.7. The van der Waals surface area contributed by atoms with Gasteiger partial charge >= 0.3 is 0 Å². The first-order valence-corrected chi connectivity index (χ1v) is 13.8.